The van der Waals surface area contributed by atoms with E-state index in [0.29, 0.717) is 80.9 Å². The minimum absolute atomic E-state index is 0.0122. The van der Waals surface area contributed by atoms with Crippen molar-refractivity contribution in [3.63, 3.8) is 0 Å². The summed E-state index contributed by atoms with van der Waals surface area (Å²) in [6, 6.07) is 18.6. The van der Waals surface area contributed by atoms with Gasteiger partial charge in [0.15, 0.2) is 0 Å². The number of hydrogen-bond donors (Lipinski definition) is 7. The first kappa shape index (κ1) is 66.2. The van der Waals surface area contributed by atoms with E-state index in [-0.39, 0.29) is 61.9 Å². The average Bonchev–Trinajstić information content (AvgIpc) is 4.33. The van der Waals surface area contributed by atoms with Gasteiger partial charge in [-0.3, -0.25) is 24.6 Å². The molecule has 4 amide bonds. The van der Waals surface area contributed by atoms with Gasteiger partial charge in [-0.15, -0.1) is 11.3 Å². The van der Waals surface area contributed by atoms with E-state index < -0.39 is 41.1 Å². The van der Waals surface area contributed by atoms with E-state index in [1.165, 1.54) is 17.3 Å². The minimum Gasteiger partial charge on any atom is -0.494 e. The predicted octanol–water partition coefficient (Wildman–Crippen LogP) is 7.94. The zero-order chi connectivity index (χ0) is 60.7. The smallest absolute Gasteiger partial charge is 0.251 e. The molecule has 5 atom stereocenters. The first-order chi connectivity index (χ1) is 40.2. The molecule has 22 heteroatoms. The third kappa shape index (κ3) is 20.7. The van der Waals surface area contributed by atoms with Gasteiger partial charge in [0.25, 0.3) is 5.91 Å². The molecular weight excluding hydrogens is 1090 g/mol. The standard InChI is InChI=1S/C62H86FN11O9S/c1-42(71-58(77)46-16-15-17-47(34-46)68-39-62(6,65)73(7)57(64)52-25-26-66-40-69-52)50-36-49(23-24-51(50)63)83-29-14-9-8-12-27-80-30-32-82-33-31-81-28-13-10-11-18-54(76)72-56(61(3,4)5)60(79)74-38-48(75)35-53(74)59(78)67-37-44-19-21-45(22-20-44)55-43(2)70-41-84-55/h15-17,19-26,34,36,40-42,48,53,56,64,68,75H,8-14,18,27-33,35,37-39,65H2,1-7H3,(H,67,78)(H,71,77)(H,72,76)/t42-,48+,53-,56+,62?/m0/s1. The molecule has 1 aliphatic heterocycles. The summed E-state index contributed by atoms with van der Waals surface area (Å²) < 4.78 is 38.1. The molecule has 0 radical (unpaired) electrons. The molecule has 1 fully saturated rings. The van der Waals surface area contributed by atoms with Crippen LogP contribution in [-0.4, -0.2) is 150 Å². The number of nitrogens with zero attached hydrogens (tertiary/aromatic N) is 5. The van der Waals surface area contributed by atoms with E-state index >= 15 is 4.39 Å². The quantitative estimate of drug-likeness (QED) is 0.00892. The summed E-state index contributed by atoms with van der Waals surface area (Å²) >= 11 is 1.58. The van der Waals surface area contributed by atoms with Gasteiger partial charge in [-0.2, -0.15) is 0 Å². The Morgan fingerprint density at radius 1 is 0.869 bits per heavy atom. The number of carbonyl (C=O) groups excluding carboxylic acids is 4. The highest BCUT2D eigenvalue weighted by Crippen LogP contribution is 2.29. The molecule has 3 heterocycles. The molecule has 0 bridgehead atoms. The number of halogens is 1. The molecule has 1 saturated heterocycles. The Labute approximate surface area is 497 Å². The second-order valence-electron chi connectivity index (χ2n) is 22.5. The van der Waals surface area contributed by atoms with Crippen molar-refractivity contribution in [2.45, 2.75) is 136 Å². The Morgan fingerprint density at radius 3 is 2.20 bits per heavy atom. The average molecular weight is 1180 g/mol. The highest BCUT2D eigenvalue weighted by Gasteiger charge is 2.44. The number of nitrogens with two attached hydrogens (primary N) is 1. The van der Waals surface area contributed by atoms with Gasteiger partial charge in [0.2, 0.25) is 17.7 Å². The topological polar surface area (TPSA) is 269 Å². The Morgan fingerprint density at radius 2 is 1.55 bits per heavy atom. The molecule has 0 saturated carbocycles. The third-order valence-corrected chi connectivity index (χ3v) is 15.6. The van der Waals surface area contributed by atoms with E-state index in [9.17, 15) is 24.3 Å². The van der Waals surface area contributed by atoms with Gasteiger partial charge >= 0.3 is 0 Å². The Kier molecular flexibility index (Phi) is 26.0. The number of aliphatic hydroxyl groups is 1. The number of likely N-dealkylation sites (N-methyl/N-ethyl adjacent to an activating group) is 1. The maximum atomic E-state index is 15.0. The van der Waals surface area contributed by atoms with Crippen molar-refractivity contribution >= 4 is 46.5 Å². The predicted molar refractivity (Wildman–Crippen MR) is 323 cm³/mol. The van der Waals surface area contributed by atoms with Crippen LogP contribution in [0.4, 0.5) is 10.1 Å². The molecule has 2 aromatic heterocycles. The fourth-order valence-electron chi connectivity index (χ4n) is 9.40. The van der Waals surface area contributed by atoms with Crippen molar-refractivity contribution in [3.8, 4) is 16.2 Å². The molecule has 1 unspecified atom stereocenters. The van der Waals surface area contributed by atoms with Crippen LogP contribution >= 0.6 is 11.3 Å². The number of ether oxygens (including phenoxy) is 4. The van der Waals surface area contributed by atoms with Crippen molar-refractivity contribution in [1.82, 2.24) is 40.7 Å². The molecule has 5 aromatic rings. The number of rotatable bonds is 34. The lowest BCUT2D eigenvalue weighted by molar-refractivity contribution is -0.144. The van der Waals surface area contributed by atoms with Crippen molar-refractivity contribution in [1.29, 1.82) is 5.41 Å². The van der Waals surface area contributed by atoms with Crippen LogP contribution < -0.4 is 31.7 Å². The molecule has 8 N–H and O–H groups in total. The number of amidine groups is 1. The van der Waals surface area contributed by atoms with Crippen LogP contribution in [0, 0.1) is 23.6 Å². The van der Waals surface area contributed by atoms with E-state index in [2.05, 4.69) is 36.2 Å². The molecule has 1 aliphatic rings. The van der Waals surface area contributed by atoms with Crippen molar-refractivity contribution in [3.05, 3.63) is 125 Å². The van der Waals surface area contributed by atoms with Gasteiger partial charge in [0.05, 0.1) is 67.8 Å². The van der Waals surface area contributed by atoms with E-state index in [4.69, 9.17) is 30.1 Å². The maximum absolute atomic E-state index is 15.0. The number of anilines is 1. The van der Waals surface area contributed by atoms with Gasteiger partial charge in [0.1, 0.15) is 47.2 Å². The second-order valence-corrected chi connectivity index (χ2v) is 23.4. The van der Waals surface area contributed by atoms with Crippen LogP contribution in [-0.2, 0) is 35.1 Å². The SMILES string of the molecule is Cc1ncsc1-c1ccc(CNC(=O)[C@@H]2C[C@@H](O)CN2C(=O)[C@@H](NC(=O)CCCCCOCCOCCOCCCCCCOc2ccc(F)c([C@H](C)NC(=O)c3cccc(NCC(C)(N)N(C)C(=N)c4ccncn4)c3)c2)C(C)(C)C)cc1. The fourth-order valence-corrected chi connectivity index (χ4v) is 10.2. The number of amides is 4. The highest BCUT2D eigenvalue weighted by molar-refractivity contribution is 7.13. The molecule has 456 valence electrons. The first-order valence-electron chi connectivity index (χ1n) is 28.9. The Bertz CT molecular complexity index is 2890. The van der Waals surface area contributed by atoms with Crippen LogP contribution in [0.1, 0.15) is 131 Å². The van der Waals surface area contributed by atoms with E-state index in [1.807, 2.05) is 63.5 Å². The molecular formula is C62H86FN11O9S. The number of β-amino-alcohol motifs (C(OH)–C–C–N with tert-alkyl or cyclic N) is 1. The Balaban J connectivity index is 0.756. The molecule has 3 aromatic carbocycles. The number of carbonyl (C=O) groups is 4. The van der Waals surface area contributed by atoms with Crippen molar-refractivity contribution in [2.24, 2.45) is 11.1 Å². The van der Waals surface area contributed by atoms with Gasteiger partial charge in [-0.1, -0.05) is 63.9 Å². The number of thiazole rings is 1. The van der Waals surface area contributed by atoms with Crippen LogP contribution in [0.2, 0.25) is 0 Å². The van der Waals surface area contributed by atoms with Crippen molar-refractivity contribution in [2.75, 3.05) is 71.7 Å². The summed E-state index contributed by atoms with van der Waals surface area (Å²) in [6.45, 7) is 15.1. The molecule has 84 heavy (non-hydrogen) atoms. The number of unbranched alkanes of at least 4 members (excludes halogenated alkanes) is 5. The largest absolute Gasteiger partial charge is 0.494 e. The Hall–Kier alpha value is -6.95. The number of aliphatic hydroxyl groups excluding tert-OH is 1. The van der Waals surface area contributed by atoms with Crippen LogP contribution in [0.15, 0.2) is 90.8 Å². The lowest BCUT2D eigenvalue weighted by Gasteiger charge is -2.37. The summed E-state index contributed by atoms with van der Waals surface area (Å²) in [6.07, 6.45) is 8.22. The van der Waals surface area contributed by atoms with Gasteiger partial charge < -0.3 is 60.9 Å². The molecule has 0 aliphatic carbocycles. The minimum atomic E-state index is -0.977. The lowest BCUT2D eigenvalue weighted by Crippen LogP contribution is -2.58. The maximum Gasteiger partial charge on any atom is 0.251 e. The second kappa shape index (κ2) is 32.9. The number of nitrogens with one attached hydrogen (secondary N) is 5. The van der Waals surface area contributed by atoms with Crippen LogP contribution in [0.5, 0.6) is 5.75 Å². The number of hydrogen-bond acceptors (Lipinski definition) is 16. The first-order valence-corrected chi connectivity index (χ1v) is 29.8. The fraction of sp³-hybridized carbons (Fsp3) is 0.516. The molecule has 20 nitrogen and oxygen atoms in total. The summed E-state index contributed by atoms with van der Waals surface area (Å²) in [5, 5.41) is 31.1. The highest BCUT2D eigenvalue weighted by atomic mass is 32.1. The zero-order valence-electron chi connectivity index (χ0n) is 49.7. The monoisotopic (exact) mass is 1180 g/mol. The van der Waals surface area contributed by atoms with Gasteiger partial charge in [-0.05, 0) is 112 Å². The summed E-state index contributed by atoms with van der Waals surface area (Å²) in [5.74, 6) is -1.14. The number of aryl methyl sites for hydroxylation is 1. The van der Waals surface area contributed by atoms with Crippen LogP contribution in [0.25, 0.3) is 10.4 Å². The van der Waals surface area contributed by atoms with E-state index in [1.54, 1.807) is 79.7 Å². The van der Waals surface area contributed by atoms with Gasteiger partial charge in [-0.25, -0.2) is 19.3 Å². The lowest BCUT2D eigenvalue weighted by atomic mass is 9.85. The number of aromatic nitrogens is 3. The van der Waals surface area contributed by atoms with E-state index in [0.717, 1.165) is 60.2 Å². The van der Waals surface area contributed by atoms with Gasteiger partial charge in [0, 0.05) is 69.2 Å². The summed E-state index contributed by atoms with van der Waals surface area (Å²) in [4.78, 5) is 70.4. The normalized spacial score (nSPS) is 15.6. The van der Waals surface area contributed by atoms with Crippen molar-refractivity contribution < 1.29 is 47.6 Å². The van der Waals surface area contributed by atoms with Crippen LogP contribution in [0.3, 0.4) is 0 Å². The molecule has 0 spiro atoms. The third-order valence-electron chi connectivity index (χ3n) is 14.6. The molecule has 6 rings (SSSR count). The summed E-state index contributed by atoms with van der Waals surface area (Å²) in [5.41, 5.74) is 11.5. The number of benzene rings is 3. The zero-order valence-corrected chi connectivity index (χ0v) is 50.5. The number of likely N-dealkylation sites (tertiary alicyclic amines) is 1. The summed E-state index contributed by atoms with van der Waals surface area (Å²) in [7, 11) is 1.72.